The van der Waals surface area contributed by atoms with E-state index >= 15 is 0 Å². The van der Waals surface area contributed by atoms with E-state index in [0.29, 0.717) is 12.1 Å². The van der Waals surface area contributed by atoms with Gasteiger partial charge in [-0.1, -0.05) is 0 Å². The smallest absolute Gasteiger partial charge is 1.00 e. The fraction of sp³-hybridized carbons (Fsp3) is 0.143. The first-order valence-electron chi connectivity index (χ1n) is 2.93. The number of hydrogen-bond donors (Lipinski definition) is 0. The molecule has 0 saturated carbocycles. The van der Waals surface area contributed by atoms with Crippen molar-refractivity contribution in [2.24, 2.45) is 0 Å². The summed E-state index contributed by atoms with van der Waals surface area (Å²) >= 11 is 0. The molecule has 0 amide bonds. The normalized spacial score (nSPS) is 10.8. The Morgan fingerprint density at radius 2 is 1.54 bits per heavy atom. The molecule has 0 aliphatic carbocycles. The third kappa shape index (κ3) is 3.01. The van der Waals surface area contributed by atoms with Crippen LogP contribution < -0.4 is 18.9 Å². The predicted octanol–water partition coefficient (Wildman–Crippen LogP) is 0.100. The Labute approximate surface area is 84.4 Å². The minimum atomic E-state index is -4.63. The number of benzene rings is 1. The van der Waals surface area contributed by atoms with E-state index in [9.17, 15) is 22.0 Å². The van der Waals surface area contributed by atoms with Gasteiger partial charge in [0.05, 0.1) is 5.56 Å². The largest absolute Gasteiger partial charge is 1.00 e. The Bertz CT molecular complexity index is 299. The van der Waals surface area contributed by atoms with Gasteiger partial charge in [-0.05, 0) is 18.2 Å². The van der Waals surface area contributed by atoms with Gasteiger partial charge in [-0.2, -0.15) is 13.2 Å². The zero-order valence-electron chi connectivity index (χ0n) is 7.62. The number of hydrogen-bond acceptors (Lipinski definition) is 0. The first-order chi connectivity index (χ1) is 5.41. The molecule has 0 radical (unpaired) electrons. The molecule has 0 nitrogen and oxygen atoms in total. The minimum Gasteiger partial charge on any atom is -1.00 e. The van der Waals surface area contributed by atoms with Crippen LogP contribution in [0.15, 0.2) is 18.2 Å². The van der Waals surface area contributed by atoms with Gasteiger partial charge in [-0.25, -0.2) is 8.78 Å². The maximum absolute atomic E-state index is 12.2. The van der Waals surface area contributed by atoms with Crippen LogP contribution in [-0.4, -0.2) is 0 Å². The van der Waals surface area contributed by atoms with Crippen molar-refractivity contribution < 1.29 is 42.2 Å². The minimum absolute atomic E-state index is 0. The van der Waals surface area contributed by atoms with E-state index in [1.807, 2.05) is 0 Å². The van der Waals surface area contributed by atoms with Gasteiger partial charge in [0.25, 0.3) is 0 Å². The molecule has 0 saturated heterocycles. The van der Waals surface area contributed by atoms with Crippen LogP contribution in [0.4, 0.5) is 22.0 Å². The quantitative estimate of drug-likeness (QED) is 0.402. The Kier molecular flexibility index (Phi) is 3.95. The van der Waals surface area contributed by atoms with Gasteiger partial charge in [-0.3, -0.25) is 0 Å². The molecular formula is C7H4F5Li. The maximum Gasteiger partial charge on any atom is 1.00 e. The zero-order chi connectivity index (χ0) is 9.35. The monoisotopic (exact) mass is 190 g/mol. The van der Waals surface area contributed by atoms with E-state index < -0.39 is 23.4 Å². The molecule has 0 bridgehead atoms. The summed E-state index contributed by atoms with van der Waals surface area (Å²) in [5.74, 6) is -2.78. The van der Waals surface area contributed by atoms with E-state index in [1.165, 1.54) is 0 Å². The van der Waals surface area contributed by atoms with Crippen molar-refractivity contribution in [2.75, 3.05) is 0 Å². The zero-order valence-corrected chi connectivity index (χ0v) is 6.62. The predicted molar refractivity (Wildman–Crippen MR) is 32.5 cm³/mol. The first kappa shape index (κ1) is 12.5. The van der Waals surface area contributed by atoms with Gasteiger partial charge in [0, 0.05) is 0 Å². The van der Waals surface area contributed by atoms with Gasteiger partial charge < -0.3 is 1.43 Å². The van der Waals surface area contributed by atoms with Crippen LogP contribution in [0.25, 0.3) is 0 Å². The summed E-state index contributed by atoms with van der Waals surface area (Å²) in [4.78, 5) is 0. The van der Waals surface area contributed by atoms with Crippen LogP contribution in [-0.2, 0) is 6.18 Å². The van der Waals surface area contributed by atoms with Crippen molar-refractivity contribution in [2.45, 2.75) is 6.18 Å². The van der Waals surface area contributed by atoms with Gasteiger partial charge in [0.1, 0.15) is 0 Å². The third-order valence-electron chi connectivity index (χ3n) is 1.25. The maximum atomic E-state index is 12.2. The Morgan fingerprint density at radius 3 is 1.92 bits per heavy atom. The molecule has 0 heterocycles. The number of rotatable bonds is 0. The molecule has 0 aromatic heterocycles. The van der Waals surface area contributed by atoms with Gasteiger partial charge in [-0.15, -0.1) is 0 Å². The fourth-order valence-electron chi connectivity index (χ4n) is 0.672. The average Bonchev–Trinajstić information content (AvgIpc) is 1.92. The molecule has 0 N–H and O–H groups in total. The second-order valence-corrected chi connectivity index (χ2v) is 2.13. The summed E-state index contributed by atoms with van der Waals surface area (Å²) in [6, 6.07) is 1.05. The average molecular weight is 190 g/mol. The van der Waals surface area contributed by atoms with Crippen molar-refractivity contribution in [1.82, 2.24) is 0 Å². The molecule has 68 valence electrons. The van der Waals surface area contributed by atoms with Gasteiger partial charge >= 0.3 is 25.0 Å². The molecule has 1 aromatic rings. The summed E-state index contributed by atoms with van der Waals surface area (Å²) < 4.78 is 59.8. The summed E-state index contributed by atoms with van der Waals surface area (Å²) in [5, 5.41) is 0. The summed E-state index contributed by atoms with van der Waals surface area (Å²) in [6.45, 7) is 0. The second-order valence-electron chi connectivity index (χ2n) is 2.13. The van der Waals surface area contributed by atoms with Gasteiger partial charge in [0.2, 0.25) is 0 Å². The van der Waals surface area contributed by atoms with Crippen molar-refractivity contribution >= 4 is 0 Å². The molecule has 0 fully saturated rings. The topological polar surface area (TPSA) is 0 Å². The number of alkyl halides is 3. The van der Waals surface area contributed by atoms with Crippen LogP contribution in [0.1, 0.15) is 6.99 Å². The Balaban J connectivity index is 0. The van der Waals surface area contributed by atoms with Crippen molar-refractivity contribution in [3.63, 3.8) is 0 Å². The van der Waals surface area contributed by atoms with E-state index in [0.717, 1.165) is 0 Å². The molecular weight excluding hydrogens is 186 g/mol. The van der Waals surface area contributed by atoms with Crippen molar-refractivity contribution in [3.8, 4) is 0 Å². The Hall–Kier alpha value is -0.533. The molecule has 0 unspecified atom stereocenters. The molecule has 1 aromatic carbocycles. The molecule has 0 aliphatic rings. The number of halogens is 5. The standard InChI is InChI=1S/C7H3F5.Li.H/c8-5-2-1-4(3-6(5)9)7(10,11)12;;/h1-3H;;/q;+1;-1. The van der Waals surface area contributed by atoms with Crippen LogP contribution in [0.3, 0.4) is 0 Å². The molecule has 0 aliphatic heterocycles. The molecule has 0 atom stereocenters. The van der Waals surface area contributed by atoms with Gasteiger partial charge in [0.15, 0.2) is 11.6 Å². The summed E-state index contributed by atoms with van der Waals surface area (Å²) in [7, 11) is 0. The summed E-state index contributed by atoms with van der Waals surface area (Å²) in [6.07, 6.45) is -4.63. The van der Waals surface area contributed by atoms with E-state index in [4.69, 9.17) is 0 Å². The summed E-state index contributed by atoms with van der Waals surface area (Å²) in [5.41, 5.74) is -1.19. The van der Waals surface area contributed by atoms with Crippen molar-refractivity contribution in [3.05, 3.63) is 35.4 Å². The van der Waals surface area contributed by atoms with E-state index in [1.54, 1.807) is 0 Å². The fourth-order valence-corrected chi connectivity index (χ4v) is 0.672. The van der Waals surface area contributed by atoms with Crippen LogP contribution in [0, 0.1) is 11.6 Å². The second kappa shape index (κ2) is 4.12. The van der Waals surface area contributed by atoms with Crippen molar-refractivity contribution in [1.29, 1.82) is 0 Å². The van der Waals surface area contributed by atoms with Crippen LogP contribution >= 0.6 is 0 Å². The molecule has 6 heteroatoms. The third-order valence-corrected chi connectivity index (χ3v) is 1.25. The first-order valence-corrected chi connectivity index (χ1v) is 2.93. The van der Waals surface area contributed by atoms with Crippen LogP contribution in [0.2, 0.25) is 0 Å². The van der Waals surface area contributed by atoms with Crippen LogP contribution in [0.5, 0.6) is 0 Å². The van der Waals surface area contributed by atoms with E-state index in [-0.39, 0.29) is 26.4 Å². The van der Waals surface area contributed by atoms with E-state index in [2.05, 4.69) is 0 Å². The molecule has 13 heavy (non-hydrogen) atoms. The Morgan fingerprint density at radius 1 is 1.00 bits per heavy atom. The molecule has 1 rings (SSSR count). The SMILES string of the molecule is Fc1ccc(C(F)(F)F)cc1F.[H-].[Li+]. The molecule has 0 spiro atoms.